The van der Waals surface area contributed by atoms with Gasteiger partial charge in [0, 0.05) is 32.1 Å². The molecule has 0 spiro atoms. The number of carbonyl (C=O) groups is 3. The van der Waals surface area contributed by atoms with Gasteiger partial charge in [0.05, 0.1) is 18.7 Å². The fourth-order valence-electron chi connectivity index (χ4n) is 6.33. The largest absolute Gasteiger partial charge is 0.492 e. The molecule has 10 heteroatoms. The molecule has 3 saturated heterocycles. The van der Waals surface area contributed by atoms with E-state index in [1.807, 2.05) is 48.8 Å². The van der Waals surface area contributed by atoms with E-state index in [9.17, 15) is 14.4 Å². The highest BCUT2D eigenvalue weighted by atomic mass is 16.6. The van der Waals surface area contributed by atoms with E-state index in [0.29, 0.717) is 45.2 Å². The standard InChI is InChI=1S/C33H44N4O6/c1-33(2,3)43-31(39)34-15-19-41-26-11-7-10-25(20-26)30(23-8-5-4-6-9-23)24-12-16-36(17-13-24)32(40)37-18-14-28-27(21-37)35-29(38)22-42-28/h4-11,20,24,27-28,30H,12-19,21-22H2,1-3H3,(H,34,39)(H,35,38)/t27-,28?,30+/m1/s1. The molecule has 2 aromatic carbocycles. The third-order valence-corrected chi connectivity index (χ3v) is 8.29. The Morgan fingerprint density at radius 3 is 2.47 bits per heavy atom. The number of nitrogens with one attached hydrogen (secondary N) is 2. The van der Waals surface area contributed by atoms with Crippen LogP contribution in [-0.2, 0) is 14.3 Å². The van der Waals surface area contributed by atoms with Crippen LogP contribution in [0.25, 0.3) is 0 Å². The fourth-order valence-corrected chi connectivity index (χ4v) is 6.33. The Labute approximate surface area is 254 Å². The second-order valence-corrected chi connectivity index (χ2v) is 12.6. The number of rotatable bonds is 7. The van der Waals surface area contributed by atoms with E-state index in [-0.39, 0.29) is 36.6 Å². The summed E-state index contributed by atoms with van der Waals surface area (Å²) in [7, 11) is 0. The highest BCUT2D eigenvalue weighted by molar-refractivity contribution is 5.79. The second kappa shape index (κ2) is 13.7. The molecule has 0 aromatic heterocycles. The fraction of sp³-hybridized carbons (Fsp3) is 0.545. The van der Waals surface area contributed by atoms with Crippen LogP contribution in [-0.4, -0.2) is 91.5 Å². The summed E-state index contributed by atoms with van der Waals surface area (Å²) < 4.78 is 16.9. The summed E-state index contributed by atoms with van der Waals surface area (Å²) in [6.45, 7) is 8.76. The van der Waals surface area contributed by atoms with Crippen LogP contribution >= 0.6 is 0 Å². The van der Waals surface area contributed by atoms with Crippen LogP contribution in [0.5, 0.6) is 5.75 Å². The Morgan fingerprint density at radius 1 is 1.00 bits per heavy atom. The minimum Gasteiger partial charge on any atom is -0.492 e. The van der Waals surface area contributed by atoms with Gasteiger partial charge in [-0.3, -0.25) is 4.79 Å². The van der Waals surface area contributed by atoms with Crippen LogP contribution in [0, 0.1) is 5.92 Å². The van der Waals surface area contributed by atoms with Crippen LogP contribution in [0.1, 0.15) is 57.1 Å². The molecule has 3 atom stereocenters. The average Bonchev–Trinajstić information content (AvgIpc) is 2.99. The van der Waals surface area contributed by atoms with Crippen LogP contribution in [0.4, 0.5) is 9.59 Å². The van der Waals surface area contributed by atoms with Crippen LogP contribution in [0.15, 0.2) is 54.6 Å². The Hall–Kier alpha value is -3.79. The van der Waals surface area contributed by atoms with E-state index in [4.69, 9.17) is 14.2 Å². The van der Waals surface area contributed by atoms with Gasteiger partial charge in [0.15, 0.2) is 0 Å². The van der Waals surface area contributed by atoms with Crippen LogP contribution < -0.4 is 15.4 Å². The Bertz CT molecular complexity index is 1260. The monoisotopic (exact) mass is 592 g/mol. The van der Waals surface area contributed by atoms with Crippen molar-refractivity contribution in [1.29, 1.82) is 0 Å². The smallest absolute Gasteiger partial charge is 0.407 e. The topological polar surface area (TPSA) is 109 Å². The number of benzene rings is 2. The normalized spacial score (nSPS) is 21.8. The molecule has 3 aliphatic rings. The Kier molecular flexibility index (Phi) is 9.75. The maximum absolute atomic E-state index is 13.5. The minimum atomic E-state index is -0.546. The second-order valence-electron chi connectivity index (χ2n) is 12.6. The first-order chi connectivity index (χ1) is 20.7. The van der Waals surface area contributed by atoms with Gasteiger partial charge in [-0.2, -0.15) is 0 Å². The summed E-state index contributed by atoms with van der Waals surface area (Å²) in [6, 6.07) is 18.6. The molecule has 5 rings (SSSR count). The van der Waals surface area contributed by atoms with Gasteiger partial charge in [0.2, 0.25) is 5.91 Å². The molecule has 0 saturated carbocycles. The Morgan fingerprint density at radius 2 is 1.72 bits per heavy atom. The quantitative estimate of drug-likeness (QED) is 0.468. The third kappa shape index (κ3) is 8.19. The number of hydrogen-bond donors (Lipinski definition) is 2. The highest BCUT2D eigenvalue weighted by Crippen LogP contribution is 2.39. The number of nitrogens with zero attached hydrogens (tertiary/aromatic N) is 2. The van der Waals surface area contributed by atoms with Gasteiger partial charge >= 0.3 is 12.1 Å². The van der Waals surface area contributed by atoms with Crippen molar-refractivity contribution >= 4 is 18.0 Å². The van der Waals surface area contributed by atoms with Gasteiger partial charge in [-0.15, -0.1) is 0 Å². The maximum atomic E-state index is 13.5. The van der Waals surface area contributed by atoms with Crippen molar-refractivity contribution in [1.82, 2.24) is 20.4 Å². The molecule has 2 N–H and O–H groups in total. The SMILES string of the molecule is CC(C)(C)OC(=O)NCCOc1cccc([C@@H](c2ccccc2)C2CCN(C(=O)N3CCC4OCC(=O)N[C@@H]4C3)CC2)c1. The number of alkyl carbamates (subject to hydrolysis) is 1. The molecular weight excluding hydrogens is 548 g/mol. The van der Waals surface area contributed by atoms with Crippen molar-refractivity contribution in [3.8, 4) is 5.75 Å². The van der Waals surface area contributed by atoms with Crippen molar-refractivity contribution in [3.05, 3.63) is 65.7 Å². The van der Waals surface area contributed by atoms with E-state index in [0.717, 1.165) is 25.0 Å². The molecule has 1 unspecified atom stereocenters. The van der Waals surface area contributed by atoms with Crippen molar-refractivity contribution in [2.45, 2.75) is 63.7 Å². The molecule has 2 aromatic rings. The molecule has 4 amide bonds. The van der Waals surface area contributed by atoms with Crippen molar-refractivity contribution in [2.75, 3.05) is 45.9 Å². The van der Waals surface area contributed by atoms with E-state index in [1.54, 1.807) is 0 Å². The summed E-state index contributed by atoms with van der Waals surface area (Å²) in [5, 5.41) is 5.72. The predicted octanol–water partition coefficient (Wildman–Crippen LogP) is 4.14. The number of hydrogen-bond acceptors (Lipinski definition) is 6. The molecule has 232 valence electrons. The predicted molar refractivity (Wildman–Crippen MR) is 162 cm³/mol. The number of carbonyl (C=O) groups excluding carboxylic acids is 3. The van der Waals surface area contributed by atoms with Crippen molar-refractivity contribution < 1.29 is 28.6 Å². The lowest BCUT2D eigenvalue weighted by Gasteiger charge is -2.44. The van der Waals surface area contributed by atoms with E-state index in [1.165, 1.54) is 11.1 Å². The van der Waals surface area contributed by atoms with E-state index in [2.05, 4.69) is 47.0 Å². The first-order valence-electron chi connectivity index (χ1n) is 15.4. The number of piperidine rings is 2. The minimum absolute atomic E-state index is 0.0138. The van der Waals surface area contributed by atoms with Crippen LogP contribution in [0.3, 0.4) is 0 Å². The summed E-state index contributed by atoms with van der Waals surface area (Å²) >= 11 is 0. The van der Waals surface area contributed by atoms with E-state index >= 15 is 0 Å². The number of likely N-dealkylation sites (tertiary alicyclic amines) is 2. The molecule has 3 fully saturated rings. The highest BCUT2D eigenvalue weighted by Gasteiger charge is 2.38. The number of ether oxygens (including phenoxy) is 3. The van der Waals surface area contributed by atoms with Crippen LogP contribution in [0.2, 0.25) is 0 Å². The zero-order chi connectivity index (χ0) is 30.4. The number of morpholine rings is 1. The molecular formula is C33H44N4O6. The lowest BCUT2D eigenvalue weighted by molar-refractivity contribution is -0.139. The van der Waals surface area contributed by atoms with Crippen molar-refractivity contribution in [3.63, 3.8) is 0 Å². The lowest BCUT2D eigenvalue weighted by Crippen LogP contribution is -2.62. The van der Waals surface area contributed by atoms with Crippen molar-refractivity contribution in [2.24, 2.45) is 5.92 Å². The number of fused-ring (bicyclic) bond motifs is 1. The first-order valence-corrected chi connectivity index (χ1v) is 15.4. The molecule has 43 heavy (non-hydrogen) atoms. The molecule has 0 aliphatic carbocycles. The number of amides is 4. The molecule has 10 nitrogen and oxygen atoms in total. The van der Waals surface area contributed by atoms with Gasteiger partial charge in [-0.05, 0) is 69.2 Å². The summed E-state index contributed by atoms with van der Waals surface area (Å²) in [5.41, 5.74) is 1.87. The zero-order valence-corrected chi connectivity index (χ0v) is 25.4. The molecule has 0 radical (unpaired) electrons. The molecule has 0 bridgehead atoms. The summed E-state index contributed by atoms with van der Waals surface area (Å²) in [6.07, 6.45) is 2.03. The summed E-state index contributed by atoms with van der Waals surface area (Å²) in [5.74, 6) is 1.15. The lowest BCUT2D eigenvalue weighted by atomic mass is 9.76. The molecule has 3 heterocycles. The van der Waals surface area contributed by atoms with E-state index < -0.39 is 11.7 Å². The first kappa shape index (κ1) is 30.7. The van der Waals surface area contributed by atoms with Gasteiger partial charge < -0.3 is 34.6 Å². The Balaban J connectivity index is 1.19. The van der Waals surface area contributed by atoms with Gasteiger partial charge in [0.25, 0.3) is 0 Å². The third-order valence-electron chi connectivity index (χ3n) is 8.29. The summed E-state index contributed by atoms with van der Waals surface area (Å²) in [4.78, 5) is 41.0. The maximum Gasteiger partial charge on any atom is 0.407 e. The van der Waals surface area contributed by atoms with Gasteiger partial charge in [-0.25, -0.2) is 9.59 Å². The number of urea groups is 1. The molecule has 3 aliphatic heterocycles. The average molecular weight is 593 g/mol. The van der Waals surface area contributed by atoms with Gasteiger partial charge in [-0.1, -0.05) is 42.5 Å². The zero-order valence-electron chi connectivity index (χ0n) is 25.4. The van der Waals surface area contributed by atoms with Gasteiger partial charge in [0.1, 0.15) is 24.6 Å².